The molecule has 4 rings (SSSR count). The number of thiophene rings is 1. The van der Waals surface area contributed by atoms with Gasteiger partial charge >= 0.3 is 0 Å². The second kappa shape index (κ2) is 6.27. The molecular formula is C18H25N5OS2. The zero-order valence-corrected chi connectivity index (χ0v) is 17.1. The molecule has 1 aliphatic carbocycles. The smallest absolute Gasteiger partial charge is 0.233 e. The summed E-state index contributed by atoms with van der Waals surface area (Å²) < 4.78 is 1.48. The van der Waals surface area contributed by atoms with Crippen LogP contribution in [-0.4, -0.2) is 44.0 Å². The fourth-order valence-corrected chi connectivity index (χ4v) is 6.36. The van der Waals surface area contributed by atoms with E-state index in [1.165, 1.54) is 22.9 Å². The van der Waals surface area contributed by atoms with Crippen LogP contribution in [0, 0.1) is 10.8 Å². The average Bonchev–Trinajstić information content (AvgIpc) is 3.23. The summed E-state index contributed by atoms with van der Waals surface area (Å²) in [5.74, 6) is 7.31. The number of fused-ring (bicyclic) bond motifs is 2. The van der Waals surface area contributed by atoms with Gasteiger partial charge < -0.3 is 10.7 Å². The molecule has 2 aromatic heterocycles. The highest BCUT2D eigenvalue weighted by Crippen LogP contribution is 2.52. The number of nitrogen functional groups attached to an aromatic ring is 1. The van der Waals surface area contributed by atoms with Gasteiger partial charge in [0.1, 0.15) is 0 Å². The molecule has 3 heterocycles. The predicted octanol–water partition coefficient (Wildman–Crippen LogP) is 3.24. The molecule has 0 radical (unpaired) electrons. The third-order valence-electron chi connectivity index (χ3n) is 5.47. The number of hydrogen-bond acceptors (Lipinski definition) is 6. The van der Waals surface area contributed by atoms with Crippen molar-refractivity contribution in [2.45, 2.75) is 51.2 Å². The highest BCUT2D eigenvalue weighted by atomic mass is 32.2. The van der Waals surface area contributed by atoms with Gasteiger partial charge in [-0.15, -0.1) is 21.5 Å². The lowest BCUT2D eigenvalue weighted by Crippen LogP contribution is -2.38. The first kappa shape index (κ1) is 17.9. The number of rotatable bonds is 4. The van der Waals surface area contributed by atoms with Crippen LogP contribution in [0.3, 0.4) is 0 Å². The Labute approximate surface area is 162 Å². The van der Waals surface area contributed by atoms with Crippen molar-refractivity contribution in [3.63, 3.8) is 0 Å². The van der Waals surface area contributed by atoms with Crippen LogP contribution in [0.1, 0.15) is 40.0 Å². The van der Waals surface area contributed by atoms with Crippen LogP contribution < -0.4 is 5.84 Å². The fraction of sp³-hybridized carbons (Fsp3) is 0.611. The monoisotopic (exact) mass is 391 g/mol. The molecule has 1 saturated heterocycles. The van der Waals surface area contributed by atoms with Gasteiger partial charge in [-0.3, -0.25) is 4.79 Å². The third kappa shape index (κ3) is 3.24. The van der Waals surface area contributed by atoms with Gasteiger partial charge in [0, 0.05) is 12.6 Å². The van der Waals surface area contributed by atoms with Crippen LogP contribution in [0.15, 0.2) is 22.7 Å². The molecule has 0 aromatic carbocycles. The molecule has 2 N–H and O–H groups in total. The van der Waals surface area contributed by atoms with Crippen LogP contribution in [0.5, 0.6) is 0 Å². The van der Waals surface area contributed by atoms with E-state index < -0.39 is 0 Å². The summed E-state index contributed by atoms with van der Waals surface area (Å²) in [4.78, 5) is 15.9. The van der Waals surface area contributed by atoms with E-state index in [1.54, 1.807) is 11.3 Å². The highest BCUT2D eigenvalue weighted by Gasteiger charge is 2.50. The molecule has 0 spiro atoms. The second-order valence-corrected chi connectivity index (χ2v) is 10.6. The number of carbonyl (C=O) groups is 1. The molecule has 2 aromatic rings. The van der Waals surface area contributed by atoms with Crippen LogP contribution >= 0.6 is 23.1 Å². The molecule has 140 valence electrons. The third-order valence-corrected chi connectivity index (χ3v) is 7.26. The lowest BCUT2D eigenvalue weighted by molar-refractivity contribution is -0.129. The fourth-order valence-electron chi connectivity index (χ4n) is 4.91. The van der Waals surface area contributed by atoms with E-state index in [9.17, 15) is 4.79 Å². The molecule has 2 fully saturated rings. The van der Waals surface area contributed by atoms with E-state index in [0.717, 1.165) is 24.3 Å². The Morgan fingerprint density at radius 2 is 2.19 bits per heavy atom. The maximum atomic E-state index is 12.9. The van der Waals surface area contributed by atoms with E-state index in [2.05, 4.69) is 35.9 Å². The number of nitrogens with two attached hydrogens (primary N) is 1. The summed E-state index contributed by atoms with van der Waals surface area (Å²) in [6.45, 7) is 7.84. The molecule has 6 nitrogen and oxygen atoms in total. The van der Waals surface area contributed by atoms with Crippen LogP contribution in [0.4, 0.5) is 0 Å². The Morgan fingerprint density at radius 3 is 2.92 bits per heavy atom. The maximum absolute atomic E-state index is 12.9. The van der Waals surface area contributed by atoms with Crippen LogP contribution in [0.2, 0.25) is 0 Å². The summed E-state index contributed by atoms with van der Waals surface area (Å²) in [5, 5.41) is 10.9. The minimum atomic E-state index is 0.182. The Balaban J connectivity index is 1.42. The summed E-state index contributed by atoms with van der Waals surface area (Å²) in [7, 11) is 0. The average molecular weight is 392 g/mol. The van der Waals surface area contributed by atoms with Gasteiger partial charge in [-0.1, -0.05) is 38.6 Å². The number of amides is 1. The van der Waals surface area contributed by atoms with Crippen molar-refractivity contribution < 1.29 is 4.79 Å². The number of nitrogens with zero attached hydrogens (tertiary/aromatic N) is 4. The van der Waals surface area contributed by atoms with Crippen molar-refractivity contribution in [2.75, 3.05) is 18.1 Å². The van der Waals surface area contributed by atoms with Crippen molar-refractivity contribution in [1.82, 2.24) is 19.8 Å². The van der Waals surface area contributed by atoms with Crippen LogP contribution in [0.25, 0.3) is 10.7 Å². The zero-order chi connectivity index (χ0) is 18.5. The Kier molecular flexibility index (Phi) is 4.30. The van der Waals surface area contributed by atoms with E-state index in [0.29, 0.717) is 28.2 Å². The molecule has 8 heteroatoms. The first-order chi connectivity index (χ1) is 12.3. The lowest BCUT2D eigenvalue weighted by atomic mass is 9.65. The predicted molar refractivity (Wildman–Crippen MR) is 105 cm³/mol. The quantitative estimate of drug-likeness (QED) is 0.639. The van der Waals surface area contributed by atoms with E-state index >= 15 is 0 Å². The van der Waals surface area contributed by atoms with Crippen molar-refractivity contribution in [1.29, 1.82) is 0 Å². The van der Waals surface area contributed by atoms with E-state index in [4.69, 9.17) is 5.84 Å². The van der Waals surface area contributed by atoms with Crippen molar-refractivity contribution in [2.24, 2.45) is 10.8 Å². The molecule has 2 bridgehead atoms. The molecule has 1 saturated carbocycles. The topological polar surface area (TPSA) is 77.0 Å². The van der Waals surface area contributed by atoms with Crippen molar-refractivity contribution in [3.8, 4) is 10.7 Å². The van der Waals surface area contributed by atoms with Gasteiger partial charge in [0.2, 0.25) is 11.1 Å². The van der Waals surface area contributed by atoms with Gasteiger partial charge in [0.05, 0.1) is 10.6 Å². The molecule has 1 aliphatic heterocycles. The highest BCUT2D eigenvalue weighted by molar-refractivity contribution is 7.99. The summed E-state index contributed by atoms with van der Waals surface area (Å²) in [6, 6.07) is 4.29. The minimum Gasteiger partial charge on any atom is -0.338 e. The molecule has 2 aliphatic rings. The van der Waals surface area contributed by atoms with E-state index in [-0.39, 0.29) is 11.3 Å². The Morgan fingerprint density at radius 1 is 1.38 bits per heavy atom. The number of likely N-dealkylation sites (tertiary alicyclic amines) is 1. The Hall–Kier alpha value is -1.54. The van der Waals surface area contributed by atoms with Gasteiger partial charge in [-0.2, -0.15) is 0 Å². The first-order valence-corrected chi connectivity index (χ1v) is 10.8. The summed E-state index contributed by atoms with van der Waals surface area (Å²) in [5.41, 5.74) is 0.569. The molecule has 26 heavy (non-hydrogen) atoms. The minimum absolute atomic E-state index is 0.182. The molecule has 0 unspecified atom stereocenters. The molecule has 2 atom stereocenters. The Bertz CT molecular complexity index is 816. The SMILES string of the molecule is CC1(C)C[C@H]2C[C@@](C)(CN2C(=O)CSc2nnc(-c3cccs3)n2N)C1. The summed E-state index contributed by atoms with van der Waals surface area (Å²) in [6.07, 6.45) is 3.41. The van der Waals surface area contributed by atoms with Gasteiger partial charge in [0.15, 0.2) is 5.82 Å². The van der Waals surface area contributed by atoms with Gasteiger partial charge in [0.25, 0.3) is 0 Å². The number of thioether (sulfide) groups is 1. The zero-order valence-electron chi connectivity index (χ0n) is 15.4. The largest absolute Gasteiger partial charge is 0.338 e. The molecular weight excluding hydrogens is 366 g/mol. The summed E-state index contributed by atoms with van der Waals surface area (Å²) >= 11 is 2.94. The number of carbonyl (C=O) groups excluding carboxylic acids is 1. The molecule has 1 amide bonds. The van der Waals surface area contributed by atoms with Gasteiger partial charge in [-0.25, -0.2) is 4.68 Å². The van der Waals surface area contributed by atoms with Crippen LogP contribution in [-0.2, 0) is 4.79 Å². The first-order valence-electron chi connectivity index (χ1n) is 8.93. The van der Waals surface area contributed by atoms with Gasteiger partial charge in [-0.05, 0) is 41.5 Å². The lowest BCUT2D eigenvalue weighted by Gasteiger charge is -2.39. The number of aromatic nitrogens is 3. The second-order valence-electron chi connectivity index (χ2n) is 8.68. The standard InChI is InChI=1S/C18H25N5OS2/c1-17(2)7-12-8-18(3,10-17)11-22(12)14(24)9-26-16-21-20-15(23(16)19)13-5-4-6-25-13/h4-6,12H,7-11,19H2,1-3H3/t12-,18+/m0/s1. The number of hydrogen-bond donors (Lipinski definition) is 1. The van der Waals surface area contributed by atoms with Crippen molar-refractivity contribution >= 4 is 29.0 Å². The maximum Gasteiger partial charge on any atom is 0.233 e. The van der Waals surface area contributed by atoms with E-state index in [1.807, 2.05) is 17.5 Å². The van der Waals surface area contributed by atoms with Crippen molar-refractivity contribution in [3.05, 3.63) is 17.5 Å². The normalized spacial score (nSPS) is 27.0.